The third-order valence-corrected chi connectivity index (χ3v) is 2.27. The van der Waals surface area contributed by atoms with Gasteiger partial charge in [-0.1, -0.05) is 6.92 Å². The molecule has 1 aromatic carbocycles. The zero-order chi connectivity index (χ0) is 10.0. The summed E-state index contributed by atoms with van der Waals surface area (Å²) >= 11 is 0. The molecule has 0 N–H and O–H groups in total. The van der Waals surface area contributed by atoms with Crippen LogP contribution in [-0.2, 0) is 6.42 Å². The molecule has 0 heterocycles. The van der Waals surface area contributed by atoms with Crippen LogP contribution in [-0.4, -0.2) is 14.1 Å². The first-order chi connectivity index (χ1) is 6.06. The monoisotopic (exact) mass is 181 g/mol. The molecule has 72 valence electrons. The lowest BCUT2D eigenvalue weighted by Crippen LogP contribution is -2.11. The number of rotatable bonds is 2. The van der Waals surface area contributed by atoms with Crippen LogP contribution in [0.4, 0.5) is 10.1 Å². The van der Waals surface area contributed by atoms with Gasteiger partial charge in [-0.2, -0.15) is 0 Å². The second kappa shape index (κ2) is 3.77. The molecule has 2 heteroatoms. The lowest BCUT2D eigenvalue weighted by atomic mass is 10.1. The van der Waals surface area contributed by atoms with Gasteiger partial charge in [-0.3, -0.25) is 0 Å². The van der Waals surface area contributed by atoms with E-state index in [1.807, 2.05) is 34.0 Å². The summed E-state index contributed by atoms with van der Waals surface area (Å²) in [5, 5.41) is 0. The van der Waals surface area contributed by atoms with Crippen molar-refractivity contribution >= 4 is 5.69 Å². The Labute approximate surface area is 79.2 Å². The van der Waals surface area contributed by atoms with E-state index in [0.717, 1.165) is 17.5 Å². The molecule has 0 radical (unpaired) electrons. The molecular weight excluding hydrogens is 165 g/mol. The van der Waals surface area contributed by atoms with Gasteiger partial charge in [-0.15, -0.1) is 0 Å². The summed E-state index contributed by atoms with van der Waals surface area (Å²) in [7, 11) is 3.70. The van der Waals surface area contributed by atoms with Gasteiger partial charge in [-0.25, -0.2) is 4.39 Å². The van der Waals surface area contributed by atoms with E-state index in [4.69, 9.17) is 0 Å². The molecule has 0 aliphatic rings. The highest BCUT2D eigenvalue weighted by molar-refractivity contribution is 5.51. The standard InChI is InChI=1S/C11H16FN/c1-5-9-7-10(12)11(13(3)4)6-8(9)2/h6-7H,5H2,1-4H3. The van der Waals surface area contributed by atoms with E-state index < -0.39 is 0 Å². The van der Waals surface area contributed by atoms with Crippen molar-refractivity contribution in [2.75, 3.05) is 19.0 Å². The summed E-state index contributed by atoms with van der Waals surface area (Å²) in [6.07, 6.45) is 0.885. The Balaban J connectivity index is 3.20. The van der Waals surface area contributed by atoms with E-state index in [-0.39, 0.29) is 5.82 Å². The fourth-order valence-corrected chi connectivity index (χ4v) is 1.43. The molecule has 1 aromatic rings. The molecule has 0 aromatic heterocycles. The van der Waals surface area contributed by atoms with Crippen LogP contribution in [0.15, 0.2) is 12.1 Å². The highest BCUT2D eigenvalue weighted by Gasteiger charge is 2.07. The highest BCUT2D eigenvalue weighted by atomic mass is 19.1. The molecule has 0 aliphatic carbocycles. The second-order valence-corrected chi connectivity index (χ2v) is 3.48. The quantitative estimate of drug-likeness (QED) is 0.678. The number of hydrogen-bond donors (Lipinski definition) is 0. The Bertz CT molecular complexity index is 305. The maximum atomic E-state index is 13.4. The van der Waals surface area contributed by atoms with Gasteiger partial charge >= 0.3 is 0 Å². The van der Waals surface area contributed by atoms with Crippen molar-refractivity contribution < 1.29 is 4.39 Å². The van der Waals surface area contributed by atoms with E-state index in [1.54, 1.807) is 11.0 Å². The van der Waals surface area contributed by atoms with Gasteiger partial charge in [0, 0.05) is 14.1 Å². The lowest BCUT2D eigenvalue weighted by Gasteiger charge is -2.15. The Morgan fingerprint density at radius 1 is 1.31 bits per heavy atom. The first-order valence-corrected chi connectivity index (χ1v) is 4.52. The molecule has 1 nitrogen and oxygen atoms in total. The summed E-state index contributed by atoms with van der Waals surface area (Å²) in [4.78, 5) is 1.79. The average molecular weight is 181 g/mol. The summed E-state index contributed by atoms with van der Waals surface area (Å²) in [5.41, 5.74) is 2.91. The van der Waals surface area contributed by atoms with Crippen LogP contribution in [0.5, 0.6) is 0 Å². The zero-order valence-corrected chi connectivity index (χ0v) is 8.69. The van der Waals surface area contributed by atoms with Gasteiger partial charge in [0.2, 0.25) is 0 Å². The third kappa shape index (κ3) is 2.00. The van der Waals surface area contributed by atoms with E-state index in [1.165, 1.54) is 0 Å². The van der Waals surface area contributed by atoms with Gasteiger partial charge in [0.05, 0.1) is 5.69 Å². The van der Waals surface area contributed by atoms with Crippen molar-refractivity contribution in [2.45, 2.75) is 20.3 Å². The highest BCUT2D eigenvalue weighted by Crippen LogP contribution is 2.22. The first-order valence-electron chi connectivity index (χ1n) is 4.52. The van der Waals surface area contributed by atoms with Crippen molar-refractivity contribution in [3.63, 3.8) is 0 Å². The molecule has 13 heavy (non-hydrogen) atoms. The molecule has 0 spiro atoms. The number of anilines is 1. The predicted octanol–water partition coefficient (Wildman–Crippen LogP) is 2.76. The molecule has 0 atom stereocenters. The van der Waals surface area contributed by atoms with E-state index in [2.05, 4.69) is 0 Å². The van der Waals surface area contributed by atoms with Crippen LogP contribution in [0.3, 0.4) is 0 Å². The van der Waals surface area contributed by atoms with Crippen LogP contribution in [0.1, 0.15) is 18.1 Å². The van der Waals surface area contributed by atoms with Crippen LogP contribution in [0, 0.1) is 12.7 Å². The minimum Gasteiger partial charge on any atom is -0.375 e. The van der Waals surface area contributed by atoms with E-state index >= 15 is 0 Å². The Kier molecular flexibility index (Phi) is 2.91. The van der Waals surface area contributed by atoms with Gasteiger partial charge < -0.3 is 4.90 Å². The number of halogens is 1. The number of nitrogens with zero attached hydrogens (tertiary/aromatic N) is 1. The molecule has 0 amide bonds. The lowest BCUT2D eigenvalue weighted by molar-refractivity contribution is 0.623. The summed E-state index contributed by atoms with van der Waals surface area (Å²) in [6, 6.07) is 3.53. The van der Waals surface area contributed by atoms with Crippen LogP contribution < -0.4 is 4.90 Å². The van der Waals surface area contributed by atoms with Crippen LogP contribution >= 0.6 is 0 Å². The fraction of sp³-hybridized carbons (Fsp3) is 0.455. The summed E-state index contributed by atoms with van der Waals surface area (Å²) in [6.45, 7) is 4.06. The van der Waals surface area contributed by atoms with Crippen molar-refractivity contribution in [3.8, 4) is 0 Å². The predicted molar refractivity (Wildman–Crippen MR) is 54.8 cm³/mol. The maximum absolute atomic E-state index is 13.4. The van der Waals surface area contributed by atoms with Crippen LogP contribution in [0.25, 0.3) is 0 Å². The molecule has 0 saturated heterocycles. The molecular formula is C11H16FN. The minimum atomic E-state index is -0.132. The summed E-state index contributed by atoms with van der Waals surface area (Å²) < 4.78 is 13.4. The minimum absolute atomic E-state index is 0.132. The number of benzene rings is 1. The first kappa shape index (κ1) is 10.0. The van der Waals surface area contributed by atoms with Gasteiger partial charge in [-0.05, 0) is 36.6 Å². The Morgan fingerprint density at radius 3 is 2.38 bits per heavy atom. The Morgan fingerprint density at radius 2 is 1.92 bits per heavy atom. The molecule has 0 fully saturated rings. The molecule has 0 aliphatic heterocycles. The zero-order valence-electron chi connectivity index (χ0n) is 8.69. The largest absolute Gasteiger partial charge is 0.375 e. The topological polar surface area (TPSA) is 3.24 Å². The number of aryl methyl sites for hydroxylation is 2. The molecule has 0 bridgehead atoms. The third-order valence-electron chi connectivity index (χ3n) is 2.27. The fourth-order valence-electron chi connectivity index (χ4n) is 1.43. The number of hydrogen-bond acceptors (Lipinski definition) is 1. The van der Waals surface area contributed by atoms with E-state index in [9.17, 15) is 4.39 Å². The van der Waals surface area contributed by atoms with Crippen molar-refractivity contribution in [1.29, 1.82) is 0 Å². The maximum Gasteiger partial charge on any atom is 0.146 e. The molecule has 0 unspecified atom stereocenters. The van der Waals surface area contributed by atoms with Crippen molar-refractivity contribution in [1.82, 2.24) is 0 Å². The van der Waals surface area contributed by atoms with Crippen LogP contribution in [0.2, 0.25) is 0 Å². The SMILES string of the molecule is CCc1cc(F)c(N(C)C)cc1C. The molecule has 0 saturated carbocycles. The van der Waals surface area contributed by atoms with Crippen molar-refractivity contribution in [3.05, 3.63) is 29.1 Å². The van der Waals surface area contributed by atoms with Gasteiger partial charge in [0.15, 0.2) is 0 Å². The van der Waals surface area contributed by atoms with Crippen molar-refractivity contribution in [2.24, 2.45) is 0 Å². The Hall–Kier alpha value is -1.05. The van der Waals surface area contributed by atoms with Gasteiger partial charge in [0.1, 0.15) is 5.82 Å². The van der Waals surface area contributed by atoms with E-state index in [0.29, 0.717) is 5.69 Å². The second-order valence-electron chi connectivity index (χ2n) is 3.48. The molecule has 1 rings (SSSR count). The van der Waals surface area contributed by atoms with Gasteiger partial charge in [0.25, 0.3) is 0 Å². The smallest absolute Gasteiger partial charge is 0.146 e. The average Bonchev–Trinajstić information content (AvgIpc) is 2.07. The normalized spacial score (nSPS) is 10.2. The summed E-state index contributed by atoms with van der Waals surface area (Å²) in [5.74, 6) is -0.132.